The molecule has 1 amide bonds. The number of halogens is 2. The molecule has 4 nitrogen and oxygen atoms in total. The average Bonchev–Trinajstić information content (AvgIpc) is 2.39. The van der Waals surface area contributed by atoms with Crippen LogP contribution in [0.5, 0.6) is 0 Å². The molecule has 0 saturated carbocycles. The van der Waals surface area contributed by atoms with Gasteiger partial charge in [0.1, 0.15) is 6.04 Å². The second-order valence-corrected chi connectivity index (χ2v) is 5.24. The van der Waals surface area contributed by atoms with Crippen LogP contribution in [0.3, 0.4) is 0 Å². The van der Waals surface area contributed by atoms with Crippen molar-refractivity contribution < 1.29 is 4.79 Å². The van der Waals surface area contributed by atoms with Crippen molar-refractivity contribution in [1.29, 1.82) is 0 Å². The monoisotopic (exact) mass is 339 g/mol. The Kier molecular flexibility index (Phi) is 4.39. The minimum Gasteiger partial charge on any atom is -0.369 e. The SMILES string of the molecule is NC(=O)C(Nc1ccc(Cl)cc1)c1ccc(Br)cn1. The van der Waals surface area contributed by atoms with E-state index in [1.165, 1.54) is 0 Å². The standard InChI is InChI=1S/C13H11BrClN3O/c14-8-1-6-11(17-7-8)12(13(16)19)18-10-4-2-9(15)3-5-10/h1-7,12,18H,(H2,16,19). The van der Waals surface area contributed by atoms with Gasteiger partial charge >= 0.3 is 0 Å². The van der Waals surface area contributed by atoms with Gasteiger partial charge in [-0.05, 0) is 52.3 Å². The summed E-state index contributed by atoms with van der Waals surface area (Å²) in [5.74, 6) is -0.496. The maximum absolute atomic E-state index is 11.5. The highest BCUT2D eigenvalue weighted by Crippen LogP contribution is 2.20. The van der Waals surface area contributed by atoms with Gasteiger partial charge in [-0.25, -0.2) is 0 Å². The Bertz CT molecular complexity index is 571. The van der Waals surface area contributed by atoms with Crippen molar-refractivity contribution in [2.24, 2.45) is 5.73 Å². The zero-order chi connectivity index (χ0) is 13.8. The maximum Gasteiger partial charge on any atom is 0.246 e. The first-order chi connectivity index (χ1) is 9.06. The molecule has 19 heavy (non-hydrogen) atoms. The summed E-state index contributed by atoms with van der Waals surface area (Å²) in [4.78, 5) is 15.7. The summed E-state index contributed by atoms with van der Waals surface area (Å²) in [6.45, 7) is 0. The number of benzene rings is 1. The fraction of sp³-hybridized carbons (Fsp3) is 0.0769. The first-order valence-electron chi connectivity index (χ1n) is 5.49. The molecular formula is C13H11BrClN3O. The third-order valence-electron chi connectivity index (χ3n) is 2.49. The molecule has 1 aromatic heterocycles. The van der Waals surface area contributed by atoms with Gasteiger partial charge in [-0.3, -0.25) is 9.78 Å². The summed E-state index contributed by atoms with van der Waals surface area (Å²) in [6.07, 6.45) is 1.62. The lowest BCUT2D eigenvalue weighted by atomic mass is 10.1. The van der Waals surface area contributed by atoms with Gasteiger partial charge < -0.3 is 11.1 Å². The topological polar surface area (TPSA) is 68.0 Å². The first-order valence-corrected chi connectivity index (χ1v) is 6.66. The van der Waals surface area contributed by atoms with E-state index in [1.54, 1.807) is 36.5 Å². The van der Waals surface area contributed by atoms with E-state index in [0.717, 1.165) is 10.2 Å². The minimum atomic E-state index is -0.686. The lowest BCUT2D eigenvalue weighted by molar-refractivity contribution is -0.118. The number of pyridine rings is 1. The smallest absolute Gasteiger partial charge is 0.246 e. The summed E-state index contributed by atoms with van der Waals surface area (Å²) in [6, 6.07) is 9.88. The van der Waals surface area contributed by atoms with Crippen molar-refractivity contribution >= 4 is 39.1 Å². The number of anilines is 1. The van der Waals surface area contributed by atoms with Gasteiger partial charge in [0.15, 0.2) is 0 Å². The molecule has 0 bridgehead atoms. The van der Waals surface area contributed by atoms with Crippen LogP contribution in [0.15, 0.2) is 47.1 Å². The molecule has 2 rings (SSSR count). The summed E-state index contributed by atoms with van der Waals surface area (Å²) in [7, 11) is 0. The van der Waals surface area contributed by atoms with Crippen LogP contribution < -0.4 is 11.1 Å². The predicted octanol–water partition coefficient (Wildman–Crippen LogP) is 3.14. The van der Waals surface area contributed by atoms with E-state index in [9.17, 15) is 4.79 Å². The van der Waals surface area contributed by atoms with Gasteiger partial charge in [0.05, 0.1) is 5.69 Å². The molecule has 0 aliphatic carbocycles. The van der Waals surface area contributed by atoms with Crippen molar-refractivity contribution in [3.05, 3.63) is 57.8 Å². The van der Waals surface area contributed by atoms with Crippen LogP contribution in [-0.2, 0) is 4.79 Å². The van der Waals surface area contributed by atoms with Crippen LogP contribution in [0.2, 0.25) is 5.02 Å². The van der Waals surface area contributed by atoms with Crippen LogP contribution in [0.25, 0.3) is 0 Å². The number of hydrogen-bond acceptors (Lipinski definition) is 3. The fourth-order valence-electron chi connectivity index (χ4n) is 1.56. The van der Waals surface area contributed by atoms with E-state index in [4.69, 9.17) is 17.3 Å². The predicted molar refractivity (Wildman–Crippen MR) is 78.9 cm³/mol. The third kappa shape index (κ3) is 3.68. The number of nitrogens with zero attached hydrogens (tertiary/aromatic N) is 1. The zero-order valence-corrected chi connectivity index (χ0v) is 12.1. The number of nitrogens with two attached hydrogens (primary N) is 1. The molecule has 2 aromatic rings. The average molecular weight is 341 g/mol. The number of carbonyl (C=O) groups excluding carboxylic acids is 1. The molecule has 0 aliphatic rings. The van der Waals surface area contributed by atoms with Gasteiger partial charge in [-0.1, -0.05) is 11.6 Å². The number of carbonyl (C=O) groups is 1. The minimum absolute atomic E-state index is 0.496. The van der Waals surface area contributed by atoms with Gasteiger partial charge in [-0.15, -0.1) is 0 Å². The Morgan fingerprint density at radius 1 is 1.26 bits per heavy atom. The molecule has 1 heterocycles. The molecule has 3 N–H and O–H groups in total. The molecule has 1 aromatic carbocycles. The zero-order valence-electron chi connectivity index (χ0n) is 9.81. The van der Waals surface area contributed by atoms with Crippen LogP contribution in [0.4, 0.5) is 5.69 Å². The third-order valence-corrected chi connectivity index (χ3v) is 3.21. The Morgan fingerprint density at radius 3 is 2.47 bits per heavy atom. The Hall–Kier alpha value is -1.59. The number of amides is 1. The van der Waals surface area contributed by atoms with Crippen LogP contribution >= 0.6 is 27.5 Å². The van der Waals surface area contributed by atoms with Gasteiger partial charge in [0.2, 0.25) is 5.91 Å². The van der Waals surface area contributed by atoms with E-state index in [1.807, 2.05) is 6.07 Å². The van der Waals surface area contributed by atoms with E-state index >= 15 is 0 Å². The number of primary amides is 1. The van der Waals surface area contributed by atoms with Gasteiger partial charge in [0, 0.05) is 21.4 Å². The summed E-state index contributed by atoms with van der Waals surface area (Å²) in [5, 5.41) is 3.66. The number of nitrogens with one attached hydrogen (secondary N) is 1. The highest BCUT2D eigenvalue weighted by atomic mass is 79.9. The van der Waals surface area contributed by atoms with Crippen LogP contribution in [0, 0.1) is 0 Å². The first kappa shape index (κ1) is 13.8. The maximum atomic E-state index is 11.5. The summed E-state index contributed by atoms with van der Waals surface area (Å²) in [5.41, 5.74) is 6.71. The lowest BCUT2D eigenvalue weighted by Crippen LogP contribution is -2.28. The van der Waals surface area contributed by atoms with Crippen molar-refractivity contribution in [3.8, 4) is 0 Å². The molecule has 1 atom stereocenters. The molecule has 0 radical (unpaired) electrons. The molecule has 0 spiro atoms. The molecule has 0 aliphatic heterocycles. The second-order valence-electron chi connectivity index (χ2n) is 3.89. The fourth-order valence-corrected chi connectivity index (χ4v) is 1.92. The van der Waals surface area contributed by atoms with E-state index in [-0.39, 0.29) is 0 Å². The normalized spacial score (nSPS) is 11.9. The largest absolute Gasteiger partial charge is 0.369 e. The van der Waals surface area contributed by atoms with Crippen molar-refractivity contribution in [1.82, 2.24) is 4.98 Å². The number of hydrogen-bond donors (Lipinski definition) is 2. The second kappa shape index (κ2) is 6.04. The molecule has 1 unspecified atom stereocenters. The highest BCUT2D eigenvalue weighted by Gasteiger charge is 2.18. The molecule has 0 saturated heterocycles. The lowest BCUT2D eigenvalue weighted by Gasteiger charge is -2.16. The van der Waals surface area contributed by atoms with E-state index in [0.29, 0.717) is 10.7 Å². The van der Waals surface area contributed by atoms with Gasteiger partial charge in [-0.2, -0.15) is 0 Å². The van der Waals surface area contributed by atoms with Gasteiger partial charge in [0.25, 0.3) is 0 Å². The molecule has 6 heteroatoms. The van der Waals surface area contributed by atoms with E-state index < -0.39 is 11.9 Å². The quantitative estimate of drug-likeness (QED) is 0.898. The number of aromatic nitrogens is 1. The van der Waals surface area contributed by atoms with Crippen LogP contribution in [0.1, 0.15) is 11.7 Å². The summed E-state index contributed by atoms with van der Waals surface area (Å²) < 4.78 is 0.839. The molecular weight excluding hydrogens is 330 g/mol. The Labute approximate surface area is 124 Å². The highest BCUT2D eigenvalue weighted by molar-refractivity contribution is 9.10. The van der Waals surface area contributed by atoms with Crippen molar-refractivity contribution in [2.45, 2.75) is 6.04 Å². The van der Waals surface area contributed by atoms with Crippen molar-refractivity contribution in [2.75, 3.05) is 5.32 Å². The molecule has 0 fully saturated rings. The molecule has 98 valence electrons. The van der Waals surface area contributed by atoms with Crippen molar-refractivity contribution in [3.63, 3.8) is 0 Å². The van der Waals surface area contributed by atoms with Crippen LogP contribution in [-0.4, -0.2) is 10.9 Å². The summed E-state index contributed by atoms with van der Waals surface area (Å²) >= 11 is 9.10. The Balaban J connectivity index is 2.23. The van der Waals surface area contributed by atoms with E-state index in [2.05, 4.69) is 26.2 Å². The number of rotatable bonds is 4. The Morgan fingerprint density at radius 2 is 1.95 bits per heavy atom.